The summed E-state index contributed by atoms with van der Waals surface area (Å²) in [5, 5.41) is 7.91. The van der Waals surface area contributed by atoms with Gasteiger partial charge in [-0.3, -0.25) is 15.0 Å². The number of hydrogen-bond donors (Lipinski definition) is 1. The standard InChI is InChI=1S/C21H18FN3O2.C6H4F.Y/c1-21(2)11-25(12-21)20(27)16-9-13(7-8-17(16)22)10-18-14-5-3-4-6-15(14)19(26)24-23-18;7-6-4-2-1-3-5-6;/h3-9H,1-2,10-12H2,(H,24,26);2-5H;/q-2;-1;+3. The van der Waals surface area contributed by atoms with Crippen LogP contribution in [0.1, 0.15) is 21.6 Å². The number of amides is 1. The van der Waals surface area contributed by atoms with E-state index in [9.17, 15) is 18.4 Å². The van der Waals surface area contributed by atoms with E-state index < -0.39 is 11.2 Å². The second-order valence-corrected chi connectivity index (χ2v) is 8.42. The molecule has 0 bridgehead atoms. The second-order valence-electron chi connectivity index (χ2n) is 8.42. The van der Waals surface area contributed by atoms with E-state index in [4.69, 9.17) is 0 Å². The van der Waals surface area contributed by atoms with E-state index in [2.05, 4.69) is 30.1 Å². The molecule has 5 nitrogen and oxygen atoms in total. The zero-order valence-electron chi connectivity index (χ0n) is 18.9. The first-order valence-corrected chi connectivity index (χ1v) is 10.6. The average molecular weight is 547 g/mol. The number of hydrogen-bond acceptors (Lipinski definition) is 3. The van der Waals surface area contributed by atoms with Crippen LogP contribution in [-0.2, 0) is 39.1 Å². The van der Waals surface area contributed by atoms with E-state index in [0.29, 0.717) is 30.6 Å². The minimum absolute atomic E-state index is 0. The van der Waals surface area contributed by atoms with E-state index in [1.54, 1.807) is 24.3 Å². The van der Waals surface area contributed by atoms with Gasteiger partial charge in [0.2, 0.25) is 0 Å². The van der Waals surface area contributed by atoms with Crippen LogP contribution >= 0.6 is 0 Å². The number of carbonyl (C=O) groups is 1. The van der Waals surface area contributed by atoms with Crippen molar-refractivity contribution in [2.75, 3.05) is 13.1 Å². The van der Waals surface area contributed by atoms with Crippen molar-refractivity contribution in [3.8, 4) is 0 Å². The van der Waals surface area contributed by atoms with Crippen molar-refractivity contribution in [3.05, 3.63) is 125 Å². The van der Waals surface area contributed by atoms with Crippen molar-refractivity contribution in [3.63, 3.8) is 0 Å². The molecule has 0 saturated carbocycles. The van der Waals surface area contributed by atoms with Crippen LogP contribution in [0.25, 0.3) is 10.8 Å². The predicted molar refractivity (Wildman–Crippen MR) is 126 cm³/mol. The quantitative estimate of drug-likeness (QED) is 0.387. The van der Waals surface area contributed by atoms with Gasteiger partial charge in [0.1, 0.15) is 5.82 Å². The van der Waals surface area contributed by atoms with Gasteiger partial charge in [0.25, 0.3) is 11.5 Å². The molecule has 0 radical (unpaired) electrons. The third kappa shape index (κ3) is 6.47. The third-order valence-electron chi connectivity index (χ3n) is 5.43. The molecule has 1 saturated heterocycles. The van der Waals surface area contributed by atoms with Crippen LogP contribution in [0.3, 0.4) is 0 Å². The Balaban J connectivity index is 0.000000370. The average Bonchev–Trinajstić information content (AvgIpc) is 2.81. The number of aromatic nitrogens is 2. The zero-order chi connectivity index (χ0) is 24.3. The first-order valence-electron chi connectivity index (χ1n) is 10.6. The molecule has 1 aliphatic heterocycles. The topological polar surface area (TPSA) is 66.1 Å². The molecule has 1 fully saturated rings. The van der Waals surface area contributed by atoms with E-state index in [1.165, 1.54) is 35.2 Å². The minimum Gasteiger partial charge on any atom is -0.363 e. The van der Waals surface area contributed by atoms with Crippen molar-refractivity contribution in [2.45, 2.75) is 6.42 Å². The normalized spacial score (nSPS) is 13.8. The second kappa shape index (κ2) is 11.3. The summed E-state index contributed by atoms with van der Waals surface area (Å²) in [5.74, 6) is -1.14. The minimum atomic E-state index is -0.561. The van der Waals surface area contributed by atoms with Crippen LogP contribution in [0.4, 0.5) is 8.78 Å². The van der Waals surface area contributed by atoms with Crippen LogP contribution in [0, 0.1) is 37.0 Å². The number of likely N-dealkylation sites (tertiary alicyclic amines) is 1. The summed E-state index contributed by atoms with van der Waals surface area (Å²) >= 11 is 0. The number of halogens is 2. The molecular weight excluding hydrogens is 525 g/mol. The molecule has 35 heavy (non-hydrogen) atoms. The van der Waals surface area contributed by atoms with Crippen LogP contribution in [-0.4, -0.2) is 34.1 Å². The Bertz CT molecular complexity index is 1380. The number of benzene rings is 3. The number of carbonyl (C=O) groups excluding carboxylic acids is 1. The fourth-order valence-electron chi connectivity index (χ4n) is 3.79. The van der Waals surface area contributed by atoms with Gasteiger partial charge in [-0.2, -0.15) is 23.3 Å². The van der Waals surface area contributed by atoms with Gasteiger partial charge in [0, 0.05) is 17.6 Å². The molecule has 0 spiro atoms. The van der Waals surface area contributed by atoms with E-state index in [0.717, 1.165) is 10.9 Å². The molecule has 5 rings (SSSR count). The van der Waals surface area contributed by atoms with Gasteiger partial charge >= 0.3 is 32.7 Å². The van der Waals surface area contributed by atoms with Crippen molar-refractivity contribution in [2.24, 2.45) is 5.41 Å². The van der Waals surface area contributed by atoms with Gasteiger partial charge in [-0.25, -0.2) is 13.9 Å². The molecular formula is C27H22F2N3O2Y. The maximum Gasteiger partial charge on any atom is 3.00 e. The third-order valence-corrected chi connectivity index (χ3v) is 5.43. The molecule has 1 N–H and O–H groups in total. The van der Waals surface area contributed by atoms with Gasteiger partial charge in [-0.1, -0.05) is 24.3 Å². The molecule has 174 valence electrons. The van der Waals surface area contributed by atoms with Crippen LogP contribution in [0.5, 0.6) is 0 Å². The summed E-state index contributed by atoms with van der Waals surface area (Å²) in [6, 6.07) is 20.1. The monoisotopic (exact) mass is 547 g/mol. The molecule has 1 aliphatic rings. The van der Waals surface area contributed by atoms with Gasteiger partial charge in [-0.05, 0) is 36.9 Å². The molecule has 3 aromatic carbocycles. The summed E-state index contributed by atoms with van der Waals surface area (Å²) in [7, 11) is 0. The van der Waals surface area contributed by atoms with Crippen LogP contribution in [0.15, 0.2) is 71.5 Å². The number of fused-ring (bicyclic) bond motifs is 1. The molecule has 1 aromatic heterocycles. The Hall–Kier alpha value is -2.77. The SMILES string of the molecule is Fc1cc[c-]cc1.[CH2-]C1([CH2-])CN(C(=O)c2cc(Cc3n[nH]c(=O)c4ccccc34)ccc2F)C1.[Y+3]. The van der Waals surface area contributed by atoms with E-state index in [1.807, 2.05) is 12.1 Å². The molecule has 0 unspecified atom stereocenters. The van der Waals surface area contributed by atoms with Gasteiger partial charge in [-0.15, -0.1) is 12.1 Å². The zero-order valence-corrected chi connectivity index (χ0v) is 21.8. The Morgan fingerprint density at radius 2 is 1.71 bits per heavy atom. The maximum atomic E-state index is 14.2. The summed E-state index contributed by atoms with van der Waals surface area (Å²) < 4.78 is 26.1. The van der Waals surface area contributed by atoms with Crippen LogP contribution < -0.4 is 5.56 Å². The van der Waals surface area contributed by atoms with Gasteiger partial charge in [0.05, 0.1) is 16.6 Å². The fourth-order valence-corrected chi connectivity index (χ4v) is 3.79. The van der Waals surface area contributed by atoms with Gasteiger partial charge in [0.15, 0.2) is 0 Å². The Morgan fingerprint density at radius 3 is 2.31 bits per heavy atom. The Kier molecular flexibility index (Phi) is 8.67. The van der Waals surface area contributed by atoms with Crippen molar-refractivity contribution < 1.29 is 46.3 Å². The summed E-state index contributed by atoms with van der Waals surface area (Å²) in [6.45, 7) is 8.60. The number of nitrogens with one attached hydrogen (secondary N) is 1. The van der Waals surface area contributed by atoms with Crippen LogP contribution in [0.2, 0.25) is 0 Å². The van der Waals surface area contributed by atoms with Gasteiger partial charge < -0.3 is 18.7 Å². The fraction of sp³-hybridized carbons (Fsp3) is 0.148. The smallest absolute Gasteiger partial charge is 0.363 e. The predicted octanol–water partition coefficient (Wildman–Crippen LogP) is 4.39. The number of aromatic amines is 1. The maximum absolute atomic E-state index is 14.2. The van der Waals surface area contributed by atoms with E-state index in [-0.39, 0.29) is 55.6 Å². The van der Waals surface area contributed by atoms with E-state index >= 15 is 0 Å². The molecule has 1 amide bonds. The Morgan fingerprint density at radius 1 is 1.06 bits per heavy atom. The molecule has 0 aliphatic carbocycles. The number of nitrogens with zero attached hydrogens (tertiary/aromatic N) is 2. The number of rotatable bonds is 3. The van der Waals surface area contributed by atoms with Crippen molar-refractivity contribution in [1.82, 2.24) is 15.1 Å². The largest absolute Gasteiger partial charge is 3.00 e. The number of H-pyrrole nitrogens is 1. The first kappa shape index (κ1) is 26.8. The molecule has 8 heteroatoms. The van der Waals surface area contributed by atoms with Crippen molar-refractivity contribution >= 4 is 16.7 Å². The summed E-state index contributed by atoms with van der Waals surface area (Å²) in [5.41, 5.74) is 0.750. The molecule has 2 heterocycles. The molecule has 4 aromatic rings. The Labute approximate surface area is 227 Å². The first-order chi connectivity index (χ1) is 16.2. The van der Waals surface area contributed by atoms with Crippen molar-refractivity contribution in [1.29, 1.82) is 0 Å². The molecule has 0 atom stereocenters. The summed E-state index contributed by atoms with van der Waals surface area (Å²) in [6.07, 6.45) is 0.368. The summed E-state index contributed by atoms with van der Waals surface area (Å²) in [4.78, 5) is 26.0.